The van der Waals surface area contributed by atoms with Crippen molar-refractivity contribution in [1.82, 2.24) is 0 Å². The molecule has 70 valence electrons. The molecule has 0 aromatic carbocycles. The third-order valence-corrected chi connectivity index (χ3v) is 3.36. The molecule has 0 bridgehead atoms. The molecule has 2 N–H and O–H groups in total. The minimum absolute atomic E-state index is 0.0145. The van der Waals surface area contributed by atoms with Crippen LogP contribution >= 0.6 is 0 Å². The first kappa shape index (κ1) is 8.42. The van der Waals surface area contributed by atoms with Crippen LogP contribution in [-0.2, 0) is 0 Å². The van der Waals surface area contributed by atoms with Crippen LogP contribution in [0.2, 0.25) is 0 Å². The van der Waals surface area contributed by atoms with Gasteiger partial charge in [-0.15, -0.1) is 0 Å². The van der Waals surface area contributed by atoms with Crippen LogP contribution in [0.15, 0.2) is 0 Å². The first-order chi connectivity index (χ1) is 5.52. The van der Waals surface area contributed by atoms with Crippen molar-refractivity contribution in [3.63, 3.8) is 0 Å². The summed E-state index contributed by atoms with van der Waals surface area (Å²) >= 11 is 0. The van der Waals surface area contributed by atoms with E-state index in [1.54, 1.807) is 0 Å². The van der Waals surface area contributed by atoms with Crippen molar-refractivity contribution >= 4 is 0 Å². The summed E-state index contributed by atoms with van der Waals surface area (Å²) in [5, 5.41) is 0. The van der Waals surface area contributed by atoms with E-state index in [4.69, 9.17) is 5.73 Å². The van der Waals surface area contributed by atoms with Gasteiger partial charge >= 0.3 is 0 Å². The molecule has 0 aromatic rings. The van der Waals surface area contributed by atoms with E-state index >= 15 is 0 Å². The molecular weight excluding hydrogens is 160 g/mol. The molecule has 0 unspecified atom stereocenters. The highest BCUT2D eigenvalue weighted by molar-refractivity contribution is 5.01. The quantitative estimate of drug-likeness (QED) is 0.600. The second kappa shape index (κ2) is 2.41. The predicted octanol–water partition coefficient (Wildman–Crippen LogP) is 2.30. The van der Waals surface area contributed by atoms with Crippen molar-refractivity contribution in [2.24, 2.45) is 11.1 Å². The average molecular weight is 175 g/mol. The van der Waals surface area contributed by atoms with Crippen LogP contribution in [-0.4, -0.2) is 12.0 Å². The summed E-state index contributed by atoms with van der Waals surface area (Å²) in [6.45, 7) is 0. The van der Waals surface area contributed by atoms with E-state index in [-0.39, 0.29) is 24.3 Å². The molecule has 1 nitrogen and oxygen atoms in total. The van der Waals surface area contributed by atoms with Crippen molar-refractivity contribution in [3.05, 3.63) is 0 Å². The summed E-state index contributed by atoms with van der Waals surface area (Å²) in [4.78, 5) is 0. The highest BCUT2D eigenvalue weighted by atomic mass is 19.3. The molecule has 1 spiro atoms. The Hall–Kier alpha value is -0.180. The van der Waals surface area contributed by atoms with Crippen LogP contribution < -0.4 is 5.73 Å². The Morgan fingerprint density at radius 3 is 2.00 bits per heavy atom. The number of alkyl halides is 2. The van der Waals surface area contributed by atoms with E-state index in [9.17, 15) is 8.78 Å². The lowest BCUT2D eigenvalue weighted by atomic mass is 9.58. The Morgan fingerprint density at radius 1 is 1.08 bits per heavy atom. The van der Waals surface area contributed by atoms with Gasteiger partial charge in [-0.05, 0) is 31.1 Å². The Kier molecular flexibility index (Phi) is 1.69. The lowest BCUT2D eigenvalue weighted by Gasteiger charge is -2.50. The van der Waals surface area contributed by atoms with Crippen LogP contribution in [0.4, 0.5) is 8.78 Å². The molecule has 2 aliphatic carbocycles. The second-order valence-corrected chi connectivity index (χ2v) is 4.55. The smallest absolute Gasteiger partial charge is 0.249 e. The van der Waals surface area contributed by atoms with Crippen molar-refractivity contribution in [2.75, 3.05) is 0 Å². The van der Waals surface area contributed by atoms with Gasteiger partial charge in [0.25, 0.3) is 0 Å². The predicted molar refractivity (Wildman–Crippen MR) is 43.1 cm³/mol. The summed E-state index contributed by atoms with van der Waals surface area (Å²) in [6, 6.07) is 0.268. The molecule has 0 atom stereocenters. The lowest BCUT2D eigenvalue weighted by Crippen LogP contribution is -2.49. The largest absolute Gasteiger partial charge is 0.328 e. The summed E-state index contributed by atoms with van der Waals surface area (Å²) in [7, 11) is 0. The number of halogens is 2. The molecule has 0 saturated heterocycles. The zero-order chi connectivity index (χ0) is 8.82. The van der Waals surface area contributed by atoms with Crippen molar-refractivity contribution in [1.29, 1.82) is 0 Å². The zero-order valence-corrected chi connectivity index (χ0v) is 7.15. The minimum atomic E-state index is -2.36. The summed E-state index contributed by atoms with van der Waals surface area (Å²) in [5.74, 6) is -2.36. The molecule has 3 heteroatoms. The first-order valence-electron chi connectivity index (χ1n) is 4.65. The fourth-order valence-corrected chi connectivity index (χ4v) is 2.65. The van der Waals surface area contributed by atoms with Crippen LogP contribution in [0.5, 0.6) is 0 Å². The maximum atomic E-state index is 12.6. The van der Waals surface area contributed by atoms with Gasteiger partial charge in [0.2, 0.25) is 5.92 Å². The van der Waals surface area contributed by atoms with Crippen molar-refractivity contribution < 1.29 is 8.78 Å². The summed E-state index contributed by atoms with van der Waals surface area (Å²) < 4.78 is 25.3. The van der Waals surface area contributed by atoms with Gasteiger partial charge < -0.3 is 5.73 Å². The van der Waals surface area contributed by atoms with E-state index in [1.165, 1.54) is 0 Å². The molecular formula is C9H15F2N. The molecule has 0 aliphatic heterocycles. The fourth-order valence-electron chi connectivity index (χ4n) is 2.65. The number of nitrogens with two attached hydrogens (primary N) is 1. The number of rotatable bonds is 0. The monoisotopic (exact) mass is 175 g/mol. The van der Waals surface area contributed by atoms with Gasteiger partial charge in [0.15, 0.2) is 0 Å². The number of hydrogen-bond acceptors (Lipinski definition) is 1. The van der Waals surface area contributed by atoms with E-state index in [1.807, 2.05) is 0 Å². The summed E-state index contributed by atoms with van der Waals surface area (Å²) in [6.07, 6.45) is 3.96. The lowest BCUT2D eigenvalue weighted by molar-refractivity contribution is -0.173. The Labute approximate surface area is 71.3 Å². The third-order valence-electron chi connectivity index (χ3n) is 3.36. The highest BCUT2D eigenvalue weighted by Gasteiger charge is 2.56. The maximum absolute atomic E-state index is 12.6. The fraction of sp³-hybridized carbons (Fsp3) is 1.00. The molecule has 2 rings (SSSR count). The molecule has 2 fully saturated rings. The Bertz CT molecular complexity index is 173. The standard InChI is InChI=1S/C9H15F2N/c10-9(11)5-8(6-9)3-1-7(12)2-4-8/h7H,1-6,12H2. The van der Waals surface area contributed by atoms with Gasteiger partial charge in [-0.1, -0.05) is 0 Å². The summed E-state index contributed by atoms with van der Waals surface area (Å²) in [5.41, 5.74) is 5.70. The normalized spacial score (nSPS) is 33.2. The van der Waals surface area contributed by atoms with Gasteiger partial charge in [-0.25, -0.2) is 8.78 Å². The van der Waals surface area contributed by atoms with Crippen LogP contribution in [0, 0.1) is 5.41 Å². The van der Waals surface area contributed by atoms with Crippen LogP contribution in [0.25, 0.3) is 0 Å². The van der Waals surface area contributed by atoms with Gasteiger partial charge in [0, 0.05) is 18.9 Å². The Morgan fingerprint density at radius 2 is 1.58 bits per heavy atom. The second-order valence-electron chi connectivity index (χ2n) is 4.55. The van der Waals surface area contributed by atoms with Crippen molar-refractivity contribution in [2.45, 2.75) is 50.5 Å². The van der Waals surface area contributed by atoms with Gasteiger partial charge in [-0.3, -0.25) is 0 Å². The van der Waals surface area contributed by atoms with Gasteiger partial charge in [0.1, 0.15) is 0 Å². The van der Waals surface area contributed by atoms with Crippen LogP contribution in [0.1, 0.15) is 38.5 Å². The molecule has 2 aliphatic rings. The molecule has 0 radical (unpaired) electrons. The molecule has 0 heterocycles. The molecule has 0 amide bonds. The van der Waals surface area contributed by atoms with E-state index in [0.29, 0.717) is 0 Å². The maximum Gasteiger partial charge on any atom is 0.249 e. The van der Waals surface area contributed by atoms with Gasteiger partial charge in [-0.2, -0.15) is 0 Å². The molecule has 12 heavy (non-hydrogen) atoms. The van der Waals surface area contributed by atoms with E-state index in [2.05, 4.69) is 0 Å². The molecule has 2 saturated carbocycles. The van der Waals surface area contributed by atoms with E-state index < -0.39 is 5.92 Å². The minimum Gasteiger partial charge on any atom is -0.328 e. The zero-order valence-electron chi connectivity index (χ0n) is 7.15. The first-order valence-corrected chi connectivity index (χ1v) is 4.65. The van der Waals surface area contributed by atoms with Gasteiger partial charge in [0.05, 0.1) is 0 Å². The van der Waals surface area contributed by atoms with Crippen LogP contribution in [0.3, 0.4) is 0 Å². The van der Waals surface area contributed by atoms with E-state index in [0.717, 1.165) is 25.7 Å². The molecule has 0 aromatic heterocycles. The Balaban J connectivity index is 1.91. The SMILES string of the molecule is NC1CCC2(CC1)CC(F)(F)C2. The highest BCUT2D eigenvalue weighted by Crippen LogP contribution is 2.58. The number of hydrogen-bond donors (Lipinski definition) is 1. The topological polar surface area (TPSA) is 26.0 Å². The average Bonchev–Trinajstić information content (AvgIpc) is 1.91. The third kappa shape index (κ3) is 1.35. The van der Waals surface area contributed by atoms with Crippen molar-refractivity contribution in [3.8, 4) is 0 Å².